The average Bonchev–Trinajstić information content (AvgIpc) is 3.75. The number of rotatable bonds is 4. The fourth-order valence-electron chi connectivity index (χ4n) is 7.15. The van der Waals surface area contributed by atoms with Crippen LogP contribution in [0.5, 0.6) is 0 Å². The lowest BCUT2D eigenvalue weighted by Crippen LogP contribution is -2.69. The summed E-state index contributed by atoms with van der Waals surface area (Å²) >= 11 is 6.74. The second-order valence-corrected chi connectivity index (χ2v) is 11.9. The Kier molecular flexibility index (Phi) is 6.47. The molecule has 3 saturated heterocycles. The third-order valence-corrected chi connectivity index (χ3v) is 9.78. The van der Waals surface area contributed by atoms with Gasteiger partial charge in [-0.2, -0.15) is 0 Å². The molecule has 0 amide bonds. The van der Waals surface area contributed by atoms with Gasteiger partial charge < -0.3 is 33.9 Å². The summed E-state index contributed by atoms with van der Waals surface area (Å²) in [5.74, 6) is -4.32. The minimum atomic E-state index is -2.08. The normalized spacial score (nSPS) is 52.0. The summed E-state index contributed by atoms with van der Waals surface area (Å²) in [4.78, 5) is 37.9. The monoisotopic (exact) mass is 542 g/mol. The number of carbonyl (C=O) groups excluding carboxylic acids is 3. The van der Waals surface area contributed by atoms with E-state index < -0.39 is 101 Å². The molecule has 0 radical (unpaired) electrons. The van der Waals surface area contributed by atoms with Gasteiger partial charge >= 0.3 is 17.9 Å². The van der Waals surface area contributed by atoms with Gasteiger partial charge in [-0.1, -0.05) is 27.4 Å². The molecule has 0 aromatic rings. The van der Waals surface area contributed by atoms with Crippen LogP contribution in [0, 0.1) is 23.2 Å². The Hall–Kier alpha value is -1.72. The molecule has 3 heterocycles. The van der Waals surface area contributed by atoms with Crippen molar-refractivity contribution in [1.82, 2.24) is 0 Å². The first-order valence-electron chi connectivity index (χ1n) is 12.9. The maximum absolute atomic E-state index is 12.9. The van der Waals surface area contributed by atoms with Gasteiger partial charge in [0.05, 0.1) is 23.5 Å². The van der Waals surface area contributed by atoms with Crippen molar-refractivity contribution in [3.05, 3.63) is 12.2 Å². The van der Waals surface area contributed by atoms with Crippen LogP contribution in [-0.4, -0.2) is 87.9 Å². The van der Waals surface area contributed by atoms with E-state index in [0.717, 1.165) is 0 Å². The predicted octanol–water partition coefficient (Wildman–Crippen LogP) is 1.27. The molecule has 0 bridgehead atoms. The Morgan fingerprint density at radius 3 is 2.46 bits per heavy atom. The van der Waals surface area contributed by atoms with E-state index >= 15 is 0 Å². The van der Waals surface area contributed by atoms with E-state index in [-0.39, 0.29) is 6.42 Å². The first kappa shape index (κ1) is 26.9. The number of hydrogen-bond donors (Lipinski definition) is 2. The van der Waals surface area contributed by atoms with E-state index in [4.69, 9.17) is 35.3 Å². The third kappa shape index (κ3) is 3.77. The first-order valence-corrected chi connectivity index (χ1v) is 13.3. The number of hydrogen-bond acceptors (Lipinski definition) is 10. The highest BCUT2D eigenvalue weighted by molar-refractivity contribution is 6.23. The van der Waals surface area contributed by atoms with Crippen LogP contribution in [0.4, 0.5) is 0 Å². The van der Waals surface area contributed by atoms with Crippen LogP contribution in [0.2, 0.25) is 0 Å². The lowest BCUT2D eigenvalue weighted by molar-refractivity contribution is -0.223. The van der Waals surface area contributed by atoms with Crippen molar-refractivity contribution in [2.24, 2.45) is 23.2 Å². The zero-order valence-corrected chi connectivity index (χ0v) is 22.3. The van der Waals surface area contributed by atoms with E-state index in [2.05, 4.69) is 6.58 Å². The molecule has 2 aliphatic carbocycles. The van der Waals surface area contributed by atoms with Crippen LogP contribution >= 0.6 is 11.6 Å². The van der Waals surface area contributed by atoms with Crippen molar-refractivity contribution in [3.63, 3.8) is 0 Å². The number of aliphatic hydroxyl groups is 2. The molecule has 3 aliphatic heterocycles. The van der Waals surface area contributed by atoms with E-state index in [1.807, 2.05) is 13.8 Å². The summed E-state index contributed by atoms with van der Waals surface area (Å²) in [6, 6.07) is 0. The molecule has 5 aliphatic rings. The Bertz CT molecular complexity index is 1020. The molecular weight excluding hydrogens is 508 g/mol. The van der Waals surface area contributed by atoms with Gasteiger partial charge in [0.25, 0.3) is 0 Å². The lowest BCUT2D eigenvalue weighted by atomic mass is 9.53. The number of epoxide rings is 2. The number of alkyl halides is 1. The Morgan fingerprint density at radius 1 is 1.16 bits per heavy atom. The van der Waals surface area contributed by atoms with Crippen molar-refractivity contribution in [3.8, 4) is 0 Å². The SMILES string of the molecule is C=C1[C@H]2O[C@H]2[C@@H](O)[C@]2(C)[C@H]([C@@H](C)[C@H](OC(=O)CCC)[C@@H]3O[C@@H]32)[C@@H](OC(C)=O)[C@]2(O)C(C)C(=O)O[C@H]2[C@H]1Cl. The maximum atomic E-state index is 12.9. The van der Waals surface area contributed by atoms with Crippen LogP contribution in [0.15, 0.2) is 12.2 Å². The predicted molar refractivity (Wildman–Crippen MR) is 127 cm³/mol. The van der Waals surface area contributed by atoms with Crippen LogP contribution in [-0.2, 0) is 38.1 Å². The minimum absolute atomic E-state index is 0.220. The molecule has 14 atom stereocenters. The largest absolute Gasteiger partial charge is 0.459 e. The molecule has 2 N–H and O–H groups in total. The van der Waals surface area contributed by atoms with Gasteiger partial charge in [0, 0.05) is 30.6 Å². The first-order chi connectivity index (χ1) is 17.3. The summed E-state index contributed by atoms with van der Waals surface area (Å²) in [5, 5.41) is 23.0. The van der Waals surface area contributed by atoms with Crippen LogP contribution in [0.1, 0.15) is 47.5 Å². The zero-order chi connectivity index (χ0) is 27.2. The Labute approximate surface area is 220 Å². The van der Waals surface area contributed by atoms with Gasteiger partial charge in [0.15, 0.2) is 11.7 Å². The molecule has 11 heteroatoms. The van der Waals surface area contributed by atoms with Crippen molar-refractivity contribution in [1.29, 1.82) is 0 Å². The van der Waals surface area contributed by atoms with Crippen molar-refractivity contribution >= 4 is 29.5 Å². The molecular formula is C26H35ClO10. The summed E-state index contributed by atoms with van der Waals surface area (Å²) in [5.41, 5.74) is -2.86. The average molecular weight is 543 g/mol. The molecule has 5 fully saturated rings. The molecule has 0 aromatic carbocycles. The molecule has 206 valence electrons. The third-order valence-electron chi connectivity index (χ3n) is 9.27. The quantitative estimate of drug-likeness (QED) is 0.175. The number of halogens is 1. The number of esters is 3. The minimum Gasteiger partial charge on any atom is -0.459 e. The van der Waals surface area contributed by atoms with Gasteiger partial charge in [-0.05, 0) is 18.9 Å². The standard InChI is InChI=1S/C26H35ClO10/c1-7-8-13(29)34-16-9(2)14-21(33-12(5)28)26(32)11(4)24(31)37-22(26)15(27)10(3)17-18(35-17)20(30)25(14,6)23-19(16)36-23/h9,11,14-23,30,32H,3,7-8H2,1-2,4-6H3/t9-,11?,14-,15+,16+,17-,18-,19+,20-,21-,22+,23+,25+,26-/m1/s1. The van der Waals surface area contributed by atoms with Gasteiger partial charge in [0.1, 0.15) is 30.5 Å². The molecule has 1 unspecified atom stereocenters. The molecule has 37 heavy (non-hydrogen) atoms. The maximum Gasteiger partial charge on any atom is 0.312 e. The van der Waals surface area contributed by atoms with E-state index in [1.165, 1.54) is 13.8 Å². The smallest absolute Gasteiger partial charge is 0.312 e. The fraction of sp³-hybridized carbons (Fsp3) is 0.808. The number of carbonyl (C=O) groups is 3. The second-order valence-electron chi connectivity index (χ2n) is 11.4. The topological polar surface area (TPSA) is 144 Å². The Morgan fingerprint density at radius 2 is 1.84 bits per heavy atom. The summed E-state index contributed by atoms with van der Waals surface area (Å²) in [6.07, 6.45) is -6.05. The fourth-order valence-corrected chi connectivity index (χ4v) is 7.53. The number of fused-ring (bicyclic) bond motifs is 5. The van der Waals surface area contributed by atoms with Gasteiger partial charge in [0.2, 0.25) is 0 Å². The highest BCUT2D eigenvalue weighted by atomic mass is 35.5. The molecule has 10 nitrogen and oxygen atoms in total. The molecule has 2 saturated carbocycles. The molecule has 5 rings (SSSR count). The summed E-state index contributed by atoms with van der Waals surface area (Å²) < 4.78 is 29.2. The molecule has 0 aromatic heterocycles. The zero-order valence-electron chi connectivity index (χ0n) is 21.6. The van der Waals surface area contributed by atoms with Crippen LogP contribution < -0.4 is 0 Å². The van der Waals surface area contributed by atoms with E-state index in [1.54, 1.807) is 6.92 Å². The van der Waals surface area contributed by atoms with Crippen molar-refractivity contribution in [2.75, 3.05) is 0 Å². The second kappa shape index (κ2) is 8.91. The van der Waals surface area contributed by atoms with E-state index in [0.29, 0.717) is 12.0 Å². The number of ether oxygens (including phenoxy) is 5. The summed E-state index contributed by atoms with van der Waals surface area (Å²) in [7, 11) is 0. The van der Waals surface area contributed by atoms with Gasteiger partial charge in [-0.25, -0.2) is 0 Å². The van der Waals surface area contributed by atoms with Gasteiger partial charge in [-0.15, -0.1) is 11.6 Å². The highest BCUT2D eigenvalue weighted by Gasteiger charge is 2.77. The van der Waals surface area contributed by atoms with Crippen molar-refractivity contribution < 1.29 is 48.3 Å². The highest BCUT2D eigenvalue weighted by Crippen LogP contribution is 2.63. The van der Waals surface area contributed by atoms with Gasteiger partial charge in [-0.3, -0.25) is 14.4 Å². The van der Waals surface area contributed by atoms with E-state index in [9.17, 15) is 24.6 Å². The van der Waals surface area contributed by atoms with Crippen LogP contribution in [0.25, 0.3) is 0 Å². The van der Waals surface area contributed by atoms with Crippen LogP contribution in [0.3, 0.4) is 0 Å². The Balaban J connectivity index is 1.67. The van der Waals surface area contributed by atoms with Crippen molar-refractivity contribution in [2.45, 2.75) is 107 Å². The summed E-state index contributed by atoms with van der Waals surface area (Å²) in [6.45, 7) is 12.2. The number of aliphatic hydroxyl groups excluding tert-OH is 1. The molecule has 0 spiro atoms. The lowest BCUT2D eigenvalue weighted by Gasteiger charge is -2.54.